The Hall–Kier alpha value is -2.49. The molecule has 25 heavy (non-hydrogen) atoms. The molecule has 4 heteroatoms. The Kier molecular flexibility index (Phi) is 5.94. The molecular weight excluding hydrogens is 312 g/mol. The van der Waals surface area contributed by atoms with E-state index in [0.717, 1.165) is 24.4 Å². The second-order valence-corrected chi connectivity index (χ2v) is 6.35. The van der Waals surface area contributed by atoms with E-state index in [1.807, 2.05) is 19.1 Å². The summed E-state index contributed by atoms with van der Waals surface area (Å²) in [6.07, 6.45) is 3.89. The van der Waals surface area contributed by atoms with Crippen molar-refractivity contribution >= 4 is 11.6 Å². The summed E-state index contributed by atoms with van der Waals surface area (Å²) in [5.74, 6) is 0.718. The molecule has 1 amide bonds. The highest BCUT2D eigenvalue weighted by atomic mass is 16.5. The number of piperidine rings is 1. The molecule has 0 atom stereocenters. The van der Waals surface area contributed by atoms with Crippen LogP contribution in [0.15, 0.2) is 48.5 Å². The first kappa shape index (κ1) is 17.3. The number of benzene rings is 2. The third kappa shape index (κ3) is 4.75. The van der Waals surface area contributed by atoms with Crippen molar-refractivity contribution in [2.45, 2.75) is 32.7 Å². The molecule has 0 saturated carbocycles. The van der Waals surface area contributed by atoms with Crippen molar-refractivity contribution in [2.24, 2.45) is 0 Å². The van der Waals surface area contributed by atoms with Gasteiger partial charge in [0.1, 0.15) is 5.75 Å². The van der Waals surface area contributed by atoms with Gasteiger partial charge in [0.05, 0.1) is 6.61 Å². The number of amides is 1. The molecule has 0 aromatic heterocycles. The molecule has 1 saturated heterocycles. The molecule has 0 spiro atoms. The zero-order valence-corrected chi connectivity index (χ0v) is 14.8. The molecule has 3 rings (SSSR count). The second kappa shape index (κ2) is 8.56. The van der Waals surface area contributed by atoms with E-state index >= 15 is 0 Å². The zero-order valence-electron chi connectivity index (χ0n) is 14.8. The maximum atomic E-state index is 12.2. The van der Waals surface area contributed by atoms with Gasteiger partial charge in [-0.25, -0.2) is 0 Å². The van der Waals surface area contributed by atoms with E-state index in [2.05, 4.69) is 34.5 Å². The van der Waals surface area contributed by atoms with Crippen LogP contribution >= 0.6 is 0 Å². The molecule has 132 valence electrons. The Labute approximate surface area is 149 Å². The van der Waals surface area contributed by atoms with Crippen LogP contribution in [0.25, 0.3) is 0 Å². The zero-order chi connectivity index (χ0) is 17.5. The number of anilines is 1. The van der Waals surface area contributed by atoms with E-state index in [1.165, 1.54) is 24.9 Å². The lowest BCUT2D eigenvalue weighted by Gasteiger charge is -2.28. The fourth-order valence-corrected chi connectivity index (χ4v) is 3.13. The van der Waals surface area contributed by atoms with Crippen molar-refractivity contribution in [1.82, 2.24) is 5.32 Å². The highest BCUT2D eigenvalue weighted by molar-refractivity contribution is 5.94. The van der Waals surface area contributed by atoms with E-state index in [0.29, 0.717) is 18.7 Å². The monoisotopic (exact) mass is 338 g/mol. The van der Waals surface area contributed by atoms with E-state index in [-0.39, 0.29) is 5.91 Å². The van der Waals surface area contributed by atoms with Crippen LogP contribution in [0.2, 0.25) is 0 Å². The van der Waals surface area contributed by atoms with Gasteiger partial charge in [0.2, 0.25) is 0 Å². The van der Waals surface area contributed by atoms with Crippen molar-refractivity contribution in [2.75, 3.05) is 24.6 Å². The van der Waals surface area contributed by atoms with Gasteiger partial charge in [-0.2, -0.15) is 0 Å². The summed E-state index contributed by atoms with van der Waals surface area (Å²) in [4.78, 5) is 14.7. The molecular formula is C21H26N2O2. The summed E-state index contributed by atoms with van der Waals surface area (Å²) in [5, 5.41) is 2.97. The molecule has 0 unspecified atom stereocenters. The molecule has 2 aromatic carbocycles. The molecule has 1 N–H and O–H groups in total. The number of nitrogens with one attached hydrogen (secondary N) is 1. The van der Waals surface area contributed by atoms with Crippen LogP contribution < -0.4 is 15.0 Å². The van der Waals surface area contributed by atoms with Gasteiger partial charge in [-0.15, -0.1) is 0 Å². The maximum Gasteiger partial charge on any atom is 0.251 e. The Balaban J connectivity index is 1.53. The Morgan fingerprint density at radius 1 is 1.00 bits per heavy atom. The Morgan fingerprint density at radius 3 is 2.32 bits per heavy atom. The van der Waals surface area contributed by atoms with Gasteiger partial charge >= 0.3 is 0 Å². The lowest BCUT2D eigenvalue weighted by molar-refractivity contribution is 0.0951. The average molecular weight is 338 g/mol. The minimum absolute atomic E-state index is 0.0665. The normalized spacial score (nSPS) is 14.2. The first-order valence-corrected chi connectivity index (χ1v) is 9.11. The van der Waals surface area contributed by atoms with Gasteiger partial charge < -0.3 is 15.0 Å². The first-order valence-electron chi connectivity index (χ1n) is 9.11. The molecule has 0 radical (unpaired) electrons. The standard InChI is InChI=1S/C21H26N2O2/c1-2-25-20-12-8-18(9-13-20)21(24)22-16-17-6-10-19(11-7-17)23-14-4-3-5-15-23/h6-13H,2-5,14-16H2,1H3,(H,22,24). The van der Waals surface area contributed by atoms with Crippen molar-refractivity contribution in [3.8, 4) is 5.75 Å². The van der Waals surface area contributed by atoms with E-state index in [4.69, 9.17) is 4.74 Å². The smallest absolute Gasteiger partial charge is 0.251 e. The topological polar surface area (TPSA) is 41.6 Å². The van der Waals surface area contributed by atoms with Crippen LogP contribution in [-0.4, -0.2) is 25.6 Å². The number of nitrogens with zero attached hydrogens (tertiary/aromatic N) is 1. The predicted molar refractivity (Wildman–Crippen MR) is 101 cm³/mol. The molecule has 0 bridgehead atoms. The Bertz CT molecular complexity index is 674. The van der Waals surface area contributed by atoms with Gasteiger partial charge in [0.25, 0.3) is 5.91 Å². The van der Waals surface area contributed by atoms with Crippen molar-refractivity contribution < 1.29 is 9.53 Å². The summed E-state index contributed by atoms with van der Waals surface area (Å²) in [7, 11) is 0. The molecule has 1 aliphatic heterocycles. The predicted octanol–water partition coefficient (Wildman–Crippen LogP) is 4.01. The summed E-state index contributed by atoms with van der Waals surface area (Å²) in [6, 6.07) is 15.7. The van der Waals surface area contributed by atoms with Gasteiger partial charge in [-0.3, -0.25) is 4.79 Å². The largest absolute Gasteiger partial charge is 0.494 e. The second-order valence-electron chi connectivity index (χ2n) is 6.35. The first-order chi connectivity index (χ1) is 12.3. The van der Waals surface area contributed by atoms with E-state index in [1.54, 1.807) is 12.1 Å². The number of ether oxygens (including phenoxy) is 1. The molecule has 0 aliphatic carbocycles. The fourth-order valence-electron chi connectivity index (χ4n) is 3.13. The van der Waals surface area contributed by atoms with E-state index in [9.17, 15) is 4.79 Å². The van der Waals surface area contributed by atoms with Gasteiger partial charge in [0.15, 0.2) is 0 Å². The number of rotatable bonds is 6. The van der Waals surface area contributed by atoms with E-state index < -0.39 is 0 Å². The highest BCUT2D eigenvalue weighted by Crippen LogP contribution is 2.20. The van der Waals surface area contributed by atoms with Crippen molar-refractivity contribution in [3.63, 3.8) is 0 Å². The molecule has 1 aliphatic rings. The third-order valence-corrected chi connectivity index (χ3v) is 4.54. The quantitative estimate of drug-likeness (QED) is 0.865. The average Bonchev–Trinajstić information content (AvgIpc) is 2.68. The minimum Gasteiger partial charge on any atom is -0.494 e. The SMILES string of the molecule is CCOc1ccc(C(=O)NCc2ccc(N3CCCCC3)cc2)cc1. The fraction of sp³-hybridized carbons (Fsp3) is 0.381. The molecule has 2 aromatic rings. The lowest BCUT2D eigenvalue weighted by Crippen LogP contribution is -2.29. The maximum absolute atomic E-state index is 12.2. The summed E-state index contributed by atoms with van der Waals surface area (Å²) < 4.78 is 5.40. The molecule has 4 nitrogen and oxygen atoms in total. The van der Waals surface area contributed by atoms with Crippen LogP contribution in [0.4, 0.5) is 5.69 Å². The number of hydrogen-bond donors (Lipinski definition) is 1. The van der Waals surface area contributed by atoms with Crippen LogP contribution in [-0.2, 0) is 6.54 Å². The van der Waals surface area contributed by atoms with Crippen LogP contribution in [0.5, 0.6) is 5.75 Å². The van der Waals surface area contributed by atoms with Crippen LogP contribution in [0, 0.1) is 0 Å². The number of hydrogen-bond acceptors (Lipinski definition) is 3. The highest BCUT2D eigenvalue weighted by Gasteiger charge is 2.11. The number of carbonyl (C=O) groups is 1. The minimum atomic E-state index is -0.0665. The third-order valence-electron chi connectivity index (χ3n) is 4.54. The summed E-state index contributed by atoms with van der Waals surface area (Å²) >= 11 is 0. The molecule has 1 fully saturated rings. The summed E-state index contributed by atoms with van der Waals surface area (Å²) in [5.41, 5.74) is 3.04. The molecule has 1 heterocycles. The van der Waals surface area contributed by atoms with Gasteiger partial charge in [0, 0.05) is 30.9 Å². The Morgan fingerprint density at radius 2 is 1.68 bits per heavy atom. The summed E-state index contributed by atoms with van der Waals surface area (Å²) in [6.45, 7) is 5.39. The van der Waals surface area contributed by atoms with Crippen LogP contribution in [0.1, 0.15) is 42.1 Å². The van der Waals surface area contributed by atoms with Gasteiger partial charge in [-0.05, 0) is 68.1 Å². The van der Waals surface area contributed by atoms with Crippen molar-refractivity contribution in [1.29, 1.82) is 0 Å². The van der Waals surface area contributed by atoms with Crippen LogP contribution in [0.3, 0.4) is 0 Å². The number of carbonyl (C=O) groups excluding carboxylic acids is 1. The lowest BCUT2D eigenvalue weighted by atomic mass is 10.1. The van der Waals surface area contributed by atoms with Gasteiger partial charge in [-0.1, -0.05) is 12.1 Å². The van der Waals surface area contributed by atoms with Crippen molar-refractivity contribution in [3.05, 3.63) is 59.7 Å².